The van der Waals surface area contributed by atoms with E-state index in [1.54, 1.807) is 24.3 Å². The number of nitrogens with zero attached hydrogens (tertiary/aromatic N) is 2. The molecule has 1 aromatic heterocycles. The molecule has 168 valence electrons. The molecule has 0 saturated heterocycles. The summed E-state index contributed by atoms with van der Waals surface area (Å²) < 4.78 is 16.1. The molecule has 0 saturated carbocycles. The number of carbonyl (C=O) groups is 2. The Kier molecular flexibility index (Phi) is 8.21. The van der Waals surface area contributed by atoms with Gasteiger partial charge in [-0.05, 0) is 35.7 Å². The molecule has 0 bridgehead atoms. The fourth-order valence-corrected chi connectivity index (χ4v) is 2.93. The van der Waals surface area contributed by atoms with E-state index in [2.05, 4.69) is 15.5 Å². The van der Waals surface area contributed by atoms with Crippen molar-refractivity contribution in [2.24, 2.45) is 5.92 Å². The zero-order chi connectivity index (χ0) is 22.9. The van der Waals surface area contributed by atoms with Crippen LogP contribution in [0.2, 0.25) is 5.02 Å². The molecule has 0 aliphatic carbocycles. The average Bonchev–Trinajstić information content (AvgIpc) is 3.29. The number of nitrogens with one attached hydrogen (secondary N) is 1. The normalized spacial score (nSPS) is 12.6. The fraction of sp³-hybridized carbons (Fsp3) is 0.304. The van der Waals surface area contributed by atoms with Gasteiger partial charge in [-0.1, -0.05) is 62.2 Å². The van der Waals surface area contributed by atoms with Crippen LogP contribution in [0, 0.1) is 5.92 Å². The van der Waals surface area contributed by atoms with Crippen LogP contribution in [-0.2, 0) is 27.5 Å². The second kappa shape index (κ2) is 11.3. The zero-order valence-corrected chi connectivity index (χ0v) is 18.5. The van der Waals surface area contributed by atoms with Crippen molar-refractivity contribution in [1.82, 2.24) is 15.5 Å². The number of carbonyl (C=O) groups excluding carboxylic acids is 2. The average molecular weight is 458 g/mol. The molecule has 0 aliphatic heterocycles. The van der Waals surface area contributed by atoms with Crippen molar-refractivity contribution in [1.29, 1.82) is 0 Å². The summed E-state index contributed by atoms with van der Waals surface area (Å²) in [5, 5.41) is 11.0. The molecule has 3 aromatic rings. The first kappa shape index (κ1) is 23.3. The molecule has 2 aromatic carbocycles. The third kappa shape index (κ3) is 6.55. The third-order valence-corrected chi connectivity index (χ3v) is 5.10. The SMILES string of the molecule is CC[C@H](C)[C@H](NC(=O)OCc1ccccc1)C(=O)OCc1nnc(-c2ccc(Cl)cc2)o1. The monoisotopic (exact) mass is 457 g/mol. The van der Waals surface area contributed by atoms with E-state index < -0.39 is 18.1 Å². The Morgan fingerprint density at radius 3 is 2.44 bits per heavy atom. The van der Waals surface area contributed by atoms with Crippen LogP contribution in [-0.4, -0.2) is 28.3 Å². The second-order valence-corrected chi connectivity index (χ2v) is 7.62. The molecule has 8 nitrogen and oxygen atoms in total. The molecule has 9 heteroatoms. The minimum atomic E-state index is -0.873. The van der Waals surface area contributed by atoms with Crippen LogP contribution in [0.1, 0.15) is 31.7 Å². The fourth-order valence-electron chi connectivity index (χ4n) is 2.80. The Morgan fingerprint density at radius 2 is 1.75 bits per heavy atom. The van der Waals surface area contributed by atoms with Crippen LogP contribution in [0.15, 0.2) is 59.0 Å². The first-order valence-electron chi connectivity index (χ1n) is 10.2. The molecular formula is C23H24ClN3O5. The lowest BCUT2D eigenvalue weighted by atomic mass is 9.99. The number of aromatic nitrogens is 2. The smallest absolute Gasteiger partial charge is 0.408 e. The summed E-state index contributed by atoms with van der Waals surface area (Å²) in [6.07, 6.45) is -0.0427. The maximum atomic E-state index is 12.6. The Hall–Kier alpha value is -3.39. The number of halogens is 1. The van der Waals surface area contributed by atoms with Gasteiger partial charge in [0, 0.05) is 10.6 Å². The molecule has 0 fully saturated rings. The van der Waals surface area contributed by atoms with Crippen molar-refractivity contribution in [3.05, 3.63) is 71.1 Å². The largest absolute Gasteiger partial charge is 0.454 e. The number of rotatable bonds is 9. The van der Waals surface area contributed by atoms with Crippen molar-refractivity contribution in [3.63, 3.8) is 0 Å². The van der Waals surface area contributed by atoms with Crippen molar-refractivity contribution < 1.29 is 23.5 Å². The van der Waals surface area contributed by atoms with E-state index in [0.29, 0.717) is 17.0 Å². The number of hydrogen-bond acceptors (Lipinski definition) is 7. The van der Waals surface area contributed by atoms with E-state index in [1.165, 1.54) is 0 Å². The summed E-state index contributed by atoms with van der Waals surface area (Å²) in [4.78, 5) is 24.9. The second-order valence-electron chi connectivity index (χ2n) is 7.18. The Balaban J connectivity index is 1.55. The highest BCUT2D eigenvalue weighted by Crippen LogP contribution is 2.20. The minimum Gasteiger partial charge on any atom is -0.454 e. The number of hydrogen-bond donors (Lipinski definition) is 1. The predicted octanol–water partition coefficient (Wildman–Crippen LogP) is 4.77. The molecule has 3 rings (SSSR count). The van der Waals surface area contributed by atoms with Crippen LogP contribution in [0.4, 0.5) is 4.79 Å². The Bertz CT molecular complexity index is 1020. The number of benzene rings is 2. The Morgan fingerprint density at radius 1 is 1.03 bits per heavy atom. The van der Waals surface area contributed by atoms with E-state index in [-0.39, 0.29) is 30.9 Å². The van der Waals surface area contributed by atoms with Gasteiger partial charge in [0.15, 0.2) is 6.61 Å². The van der Waals surface area contributed by atoms with Crippen LogP contribution in [0.5, 0.6) is 0 Å². The highest BCUT2D eigenvalue weighted by Gasteiger charge is 2.28. The van der Waals surface area contributed by atoms with Gasteiger partial charge < -0.3 is 19.2 Å². The summed E-state index contributed by atoms with van der Waals surface area (Å²) in [5.74, 6) is -0.354. The van der Waals surface area contributed by atoms with Crippen LogP contribution >= 0.6 is 11.6 Å². The highest BCUT2D eigenvalue weighted by molar-refractivity contribution is 6.30. The van der Waals surface area contributed by atoms with Gasteiger partial charge >= 0.3 is 12.1 Å². The van der Waals surface area contributed by atoms with E-state index in [1.807, 2.05) is 44.2 Å². The molecule has 32 heavy (non-hydrogen) atoms. The molecule has 2 atom stereocenters. The van der Waals surface area contributed by atoms with E-state index in [0.717, 1.165) is 5.56 Å². The number of alkyl carbamates (subject to hydrolysis) is 1. The van der Waals surface area contributed by atoms with Crippen molar-refractivity contribution in [3.8, 4) is 11.5 Å². The van der Waals surface area contributed by atoms with E-state index in [4.69, 9.17) is 25.5 Å². The zero-order valence-electron chi connectivity index (χ0n) is 17.8. The maximum Gasteiger partial charge on any atom is 0.408 e. The van der Waals surface area contributed by atoms with Crippen LogP contribution in [0.3, 0.4) is 0 Å². The molecule has 1 N–H and O–H groups in total. The lowest BCUT2D eigenvalue weighted by Gasteiger charge is -2.22. The van der Waals surface area contributed by atoms with Gasteiger partial charge in [0.25, 0.3) is 5.89 Å². The Labute approximate surface area is 190 Å². The number of esters is 1. The van der Waals surface area contributed by atoms with Crippen molar-refractivity contribution >= 4 is 23.7 Å². The number of ether oxygens (including phenoxy) is 2. The standard InChI is InChI=1S/C23H24ClN3O5/c1-3-15(2)20(25-23(29)31-13-16-7-5-4-6-8-16)22(28)30-14-19-26-27-21(32-19)17-9-11-18(24)12-10-17/h4-12,15,20H,3,13-14H2,1-2H3,(H,25,29)/t15-,20-/m0/s1. The van der Waals surface area contributed by atoms with Gasteiger partial charge in [-0.3, -0.25) is 0 Å². The first-order valence-corrected chi connectivity index (χ1v) is 10.6. The molecule has 0 spiro atoms. The van der Waals surface area contributed by atoms with Gasteiger partial charge in [0.1, 0.15) is 12.6 Å². The minimum absolute atomic E-state index is 0.102. The van der Waals surface area contributed by atoms with Crippen LogP contribution < -0.4 is 5.32 Å². The third-order valence-electron chi connectivity index (χ3n) is 4.85. The van der Waals surface area contributed by atoms with E-state index in [9.17, 15) is 9.59 Å². The summed E-state index contributed by atoms with van der Waals surface area (Å²) >= 11 is 5.88. The quantitative estimate of drug-likeness (QED) is 0.461. The topological polar surface area (TPSA) is 104 Å². The molecule has 0 unspecified atom stereocenters. The van der Waals surface area contributed by atoms with Crippen LogP contribution in [0.25, 0.3) is 11.5 Å². The summed E-state index contributed by atoms with van der Waals surface area (Å²) in [7, 11) is 0. The van der Waals surface area contributed by atoms with Gasteiger partial charge in [-0.25, -0.2) is 9.59 Å². The van der Waals surface area contributed by atoms with Gasteiger partial charge in [-0.2, -0.15) is 0 Å². The molecule has 1 amide bonds. The van der Waals surface area contributed by atoms with Crippen molar-refractivity contribution in [2.45, 2.75) is 39.5 Å². The summed E-state index contributed by atoms with van der Waals surface area (Å²) in [5.41, 5.74) is 1.54. The maximum absolute atomic E-state index is 12.6. The molecule has 0 aliphatic rings. The highest BCUT2D eigenvalue weighted by atomic mass is 35.5. The first-order chi connectivity index (χ1) is 15.5. The molecular weight excluding hydrogens is 434 g/mol. The van der Waals surface area contributed by atoms with E-state index >= 15 is 0 Å². The lowest BCUT2D eigenvalue weighted by Crippen LogP contribution is -2.46. The summed E-state index contributed by atoms with van der Waals surface area (Å²) in [6, 6.07) is 15.3. The number of amides is 1. The van der Waals surface area contributed by atoms with Gasteiger partial charge in [0.2, 0.25) is 5.89 Å². The molecule has 1 heterocycles. The molecule has 0 radical (unpaired) electrons. The van der Waals surface area contributed by atoms with Crippen molar-refractivity contribution in [2.75, 3.05) is 0 Å². The summed E-state index contributed by atoms with van der Waals surface area (Å²) in [6.45, 7) is 3.64. The lowest BCUT2D eigenvalue weighted by molar-refractivity contribution is -0.149. The van der Waals surface area contributed by atoms with Gasteiger partial charge in [0.05, 0.1) is 0 Å². The van der Waals surface area contributed by atoms with Gasteiger partial charge in [-0.15, -0.1) is 10.2 Å². The predicted molar refractivity (Wildman–Crippen MR) is 118 cm³/mol.